The van der Waals surface area contributed by atoms with E-state index in [0.29, 0.717) is 12.0 Å². The van der Waals surface area contributed by atoms with Crippen LogP contribution >= 0.6 is 11.6 Å². The topological polar surface area (TPSA) is 27.0 Å². The molecule has 0 saturated heterocycles. The second-order valence-corrected chi connectivity index (χ2v) is 9.12. The van der Waals surface area contributed by atoms with Crippen molar-refractivity contribution < 1.29 is 0 Å². The third-order valence-electron chi connectivity index (χ3n) is 7.16. The van der Waals surface area contributed by atoms with Gasteiger partial charge in [-0.2, -0.15) is 5.26 Å². The van der Waals surface area contributed by atoms with E-state index in [-0.39, 0.29) is 5.41 Å². The molecule has 2 aromatic rings. The Morgan fingerprint density at radius 2 is 1.80 bits per heavy atom. The lowest BCUT2D eigenvalue weighted by Gasteiger charge is -2.42. The molecule has 0 spiro atoms. The molecule has 1 aliphatic rings. The van der Waals surface area contributed by atoms with Crippen LogP contribution in [0.1, 0.15) is 63.5 Å². The van der Waals surface area contributed by atoms with Crippen LogP contribution in [-0.4, -0.2) is 24.0 Å². The minimum atomic E-state index is -0.380. The first kappa shape index (κ1) is 22.9. The third kappa shape index (κ3) is 5.26. The van der Waals surface area contributed by atoms with E-state index in [9.17, 15) is 5.26 Å². The molecule has 3 heteroatoms. The van der Waals surface area contributed by atoms with E-state index in [2.05, 4.69) is 67.3 Å². The zero-order chi connectivity index (χ0) is 21.4. The number of nitriles is 1. The highest BCUT2D eigenvalue weighted by Crippen LogP contribution is 2.47. The van der Waals surface area contributed by atoms with Gasteiger partial charge in [0.25, 0.3) is 0 Å². The highest BCUT2D eigenvalue weighted by molar-refractivity contribution is 6.30. The van der Waals surface area contributed by atoms with E-state index in [1.807, 2.05) is 12.1 Å². The third-order valence-corrected chi connectivity index (χ3v) is 7.41. The summed E-state index contributed by atoms with van der Waals surface area (Å²) in [7, 11) is 0. The van der Waals surface area contributed by atoms with Crippen LogP contribution < -0.4 is 0 Å². The van der Waals surface area contributed by atoms with Crippen LogP contribution in [0.2, 0.25) is 5.02 Å². The summed E-state index contributed by atoms with van der Waals surface area (Å²) >= 11 is 6.14. The first-order valence-electron chi connectivity index (χ1n) is 11.6. The van der Waals surface area contributed by atoms with Gasteiger partial charge in [0.1, 0.15) is 0 Å². The summed E-state index contributed by atoms with van der Waals surface area (Å²) in [6, 6.07) is 22.1. The smallest absolute Gasteiger partial charge is 0.0851 e. The molecule has 0 amide bonds. The summed E-state index contributed by atoms with van der Waals surface area (Å²) in [6.45, 7) is 6.67. The Labute approximate surface area is 187 Å². The van der Waals surface area contributed by atoms with Gasteiger partial charge < -0.3 is 4.90 Å². The predicted octanol–water partition coefficient (Wildman–Crippen LogP) is 7.02. The number of halogens is 1. The lowest BCUT2D eigenvalue weighted by atomic mass is 9.60. The van der Waals surface area contributed by atoms with Crippen LogP contribution in [0, 0.1) is 17.2 Å². The molecule has 0 N–H and O–H groups in total. The molecule has 0 heterocycles. The molecule has 0 bridgehead atoms. The Balaban J connectivity index is 1.71. The molecule has 2 atom stereocenters. The van der Waals surface area contributed by atoms with Crippen LogP contribution in [-0.2, 0) is 11.8 Å². The molecule has 1 saturated carbocycles. The summed E-state index contributed by atoms with van der Waals surface area (Å²) in [6.07, 6.45) is 7.76. The number of hydrogen-bond donors (Lipinski definition) is 0. The molecule has 2 aromatic carbocycles. The van der Waals surface area contributed by atoms with Crippen LogP contribution in [0.25, 0.3) is 0 Å². The first-order valence-corrected chi connectivity index (χ1v) is 12.0. The Morgan fingerprint density at radius 1 is 1.10 bits per heavy atom. The molecule has 0 aromatic heterocycles. The van der Waals surface area contributed by atoms with Gasteiger partial charge in [0.05, 0.1) is 11.5 Å². The van der Waals surface area contributed by atoms with E-state index in [1.165, 1.54) is 24.8 Å². The van der Waals surface area contributed by atoms with E-state index in [1.54, 1.807) is 0 Å². The molecule has 160 valence electrons. The molecule has 2 nitrogen and oxygen atoms in total. The highest BCUT2D eigenvalue weighted by atomic mass is 35.5. The van der Waals surface area contributed by atoms with Crippen molar-refractivity contribution in [2.24, 2.45) is 5.92 Å². The highest BCUT2D eigenvalue weighted by Gasteiger charge is 2.43. The molecule has 1 fully saturated rings. The van der Waals surface area contributed by atoms with Gasteiger partial charge in [-0.15, -0.1) is 0 Å². The fraction of sp³-hybridized carbons (Fsp3) is 0.519. The summed E-state index contributed by atoms with van der Waals surface area (Å²) in [5.74, 6) is 0.473. The fourth-order valence-electron chi connectivity index (χ4n) is 5.00. The van der Waals surface area contributed by atoms with Gasteiger partial charge in [0, 0.05) is 17.6 Å². The van der Waals surface area contributed by atoms with Gasteiger partial charge in [-0.05, 0) is 74.2 Å². The van der Waals surface area contributed by atoms with Crippen molar-refractivity contribution in [2.45, 2.75) is 70.3 Å². The second kappa shape index (κ2) is 11.0. The molecule has 2 unspecified atom stereocenters. The van der Waals surface area contributed by atoms with Crippen LogP contribution in [0.4, 0.5) is 0 Å². The molecule has 30 heavy (non-hydrogen) atoms. The average Bonchev–Trinajstić information content (AvgIpc) is 2.75. The molecule has 1 aliphatic carbocycles. The van der Waals surface area contributed by atoms with E-state index < -0.39 is 0 Å². The Kier molecular flexibility index (Phi) is 8.37. The Morgan fingerprint density at radius 3 is 2.33 bits per heavy atom. The summed E-state index contributed by atoms with van der Waals surface area (Å²) in [5, 5.41) is 11.1. The Hall–Kier alpha value is -1.82. The molecule has 0 radical (unpaired) electrons. The summed E-state index contributed by atoms with van der Waals surface area (Å²) in [5.41, 5.74) is 2.17. The summed E-state index contributed by atoms with van der Waals surface area (Å²) < 4.78 is 0. The molecule has 0 aliphatic heterocycles. The lowest BCUT2D eigenvalue weighted by molar-refractivity contribution is 0.152. The maximum absolute atomic E-state index is 10.4. The van der Waals surface area contributed by atoms with Gasteiger partial charge in [0.2, 0.25) is 0 Å². The lowest BCUT2D eigenvalue weighted by Crippen LogP contribution is -2.41. The molecular formula is C27H35ClN2. The number of likely N-dealkylation sites (N-methyl/N-ethyl adjacent to an activating group) is 1. The molecule has 3 rings (SSSR count). The van der Waals surface area contributed by atoms with Gasteiger partial charge in [0.15, 0.2) is 0 Å². The monoisotopic (exact) mass is 422 g/mol. The van der Waals surface area contributed by atoms with Gasteiger partial charge in [-0.25, -0.2) is 0 Å². The quantitative estimate of drug-likeness (QED) is 0.388. The minimum Gasteiger partial charge on any atom is -0.300 e. The average molecular weight is 423 g/mol. The van der Waals surface area contributed by atoms with Crippen molar-refractivity contribution >= 4 is 11.6 Å². The zero-order valence-corrected chi connectivity index (χ0v) is 19.2. The first-order chi connectivity index (χ1) is 14.6. The maximum atomic E-state index is 10.4. The van der Waals surface area contributed by atoms with Crippen LogP contribution in [0.15, 0.2) is 54.6 Å². The fourth-order valence-corrected chi connectivity index (χ4v) is 5.13. The van der Waals surface area contributed by atoms with E-state index in [4.69, 9.17) is 11.6 Å². The largest absolute Gasteiger partial charge is 0.300 e. The van der Waals surface area contributed by atoms with Crippen molar-refractivity contribution in [1.29, 1.82) is 5.26 Å². The predicted molar refractivity (Wildman–Crippen MR) is 127 cm³/mol. The van der Waals surface area contributed by atoms with Crippen molar-refractivity contribution in [3.63, 3.8) is 0 Å². The van der Waals surface area contributed by atoms with Crippen molar-refractivity contribution in [3.05, 3.63) is 70.7 Å². The standard InChI is InChI=1S/C27H35ClN2/c1-3-26(30(4-2)20-18-22-9-6-5-7-10-22)17-19-27(21-29,23-11-8-12-23)24-13-15-25(28)16-14-24/h5-7,9-10,13-16,23,26H,3-4,8,11-12,17-20H2,1-2H3. The minimum absolute atomic E-state index is 0.380. The van der Waals surface area contributed by atoms with Gasteiger partial charge >= 0.3 is 0 Å². The number of rotatable bonds is 11. The van der Waals surface area contributed by atoms with Gasteiger partial charge in [-0.1, -0.05) is 74.3 Å². The molecular weight excluding hydrogens is 388 g/mol. The maximum Gasteiger partial charge on any atom is 0.0851 e. The SMILES string of the molecule is CCC(CCC(C#N)(c1ccc(Cl)cc1)C1CCC1)N(CC)CCc1ccccc1. The Bertz CT molecular complexity index is 807. The zero-order valence-electron chi connectivity index (χ0n) is 18.5. The van der Waals surface area contributed by atoms with Crippen molar-refractivity contribution in [3.8, 4) is 6.07 Å². The van der Waals surface area contributed by atoms with E-state index >= 15 is 0 Å². The normalized spacial score (nSPS) is 17.2. The summed E-state index contributed by atoms with van der Waals surface area (Å²) in [4.78, 5) is 2.61. The number of nitrogens with zero attached hydrogens (tertiary/aromatic N) is 2. The number of benzene rings is 2. The van der Waals surface area contributed by atoms with Crippen molar-refractivity contribution in [2.75, 3.05) is 13.1 Å². The van der Waals surface area contributed by atoms with Crippen molar-refractivity contribution in [1.82, 2.24) is 4.90 Å². The van der Waals surface area contributed by atoms with Crippen LogP contribution in [0.3, 0.4) is 0 Å². The van der Waals surface area contributed by atoms with E-state index in [0.717, 1.165) is 49.4 Å². The van der Waals surface area contributed by atoms with Gasteiger partial charge in [-0.3, -0.25) is 0 Å². The van der Waals surface area contributed by atoms with Crippen LogP contribution in [0.5, 0.6) is 0 Å². The number of hydrogen-bond acceptors (Lipinski definition) is 2. The second-order valence-electron chi connectivity index (χ2n) is 8.68.